The number of hydrogen-bond donors (Lipinski definition) is 1. The van der Waals surface area contributed by atoms with Crippen LogP contribution in [0.1, 0.15) is 27.8 Å². The summed E-state index contributed by atoms with van der Waals surface area (Å²) in [6, 6.07) is 12.4. The van der Waals surface area contributed by atoms with Crippen LogP contribution in [0.25, 0.3) is 0 Å². The van der Waals surface area contributed by atoms with Gasteiger partial charge in [0, 0.05) is 17.7 Å². The smallest absolute Gasteiger partial charge is 0.322 e. The Bertz CT molecular complexity index is 1200. The zero-order valence-electron chi connectivity index (χ0n) is 19.7. The van der Waals surface area contributed by atoms with E-state index in [2.05, 4.69) is 17.4 Å². The lowest BCUT2D eigenvalue weighted by molar-refractivity contribution is 0.184. The topological polar surface area (TPSA) is 50.8 Å². The number of methoxy groups -OCH3 is 2. The molecule has 34 heavy (non-hydrogen) atoms. The second-order valence-electron chi connectivity index (χ2n) is 8.53. The summed E-state index contributed by atoms with van der Waals surface area (Å²) in [4.78, 5) is 15.2. The van der Waals surface area contributed by atoms with Gasteiger partial charge in [-0.2, -0.15) is 0 Å². The Kier molecular flexibility index (Phi) is 6.72. The van der Waals surface area contributed by atoms with Crippen molar-refractivity contribution in [3.05, 3.63) is 88.0 Å². The van der Waals surface area contributed by atoms with E-state index < -0.39 is 17.7 Å². The molecule has 1 aliphatic rings. The van der Waals surface area contributed by atoms with Crippen LogP contribution in [0.5, 0.6) is 11.5 Å². The lowest BCUT2D eigenvalue weighted by atomic mass is 10.0. The fraction of sp³-hybridized carbons (Fsp3) is 0.296. The van der Waals surface area contributed by atoms with Crippen molar-refractivity contribution < 1.29 is 23.0 Å². The molecular formula is C27H28F2N2O3. The van der Waals surface area contributed by atoms with Crippen LogP contribution in [0.4, 0.5) is 19.3 Å². The number of fused-ring (bicyclic) bond motifs is 1. The van der Waals surface area contributed by atoms with Gasteiger partial charge < -0.3 is 19.7 Å². The number of hydrogen-bond acceptors (Lipinski definition) is 3. The number of rotatable bonds is 6. The summed E-state index contributed by atoms with van der Waals surface area (Å²) in [5.74, 6) is -0.147. The molecular weight excluding hydrogens is 438 g/mol. The summed E-state index contributed by atoms with van der Waals surface area (Å²) in [5.41, 5.74) is 4.97. The molecule has 0 unspecified atom stereocenters. The van der Waals surface area contributed by atoms with E-state index in [-0.39, 0.29) is 18.3 Å². The lowest BCUT2D eigenvalue weighted by Crippen LogP contribution is -2.43. The summed E-state index contributed by atoms with van der Waals surface area (Å²) in [6.45, 7) is 4.13. The van der Waals surface area contributed by atoms with Gasteiger partial charge in [0.15, 0.2) is 0 Å². The number of benzene rings is 3. The molecule has 3 aromatic carbocycles. The molecule has 3 aromatic rings. The second-order valence-corrected chi connectivity index (χ2v) is 8.53. The Morgan fingerprint density at radius 3 is 2.26 bits per heavy atom. The average Bonchev–Trinajstić information content (AvgIpc) is 3.25. The molecule has 0 heterocycles. The van der Waals surface area contributed by atoms with Crippen LogP contribution in [0.2, 0.25) is 0 Å². The van der Waals surface area contributed by atoms with Crippen molar-refractivity contribution in [3.8, 4) is 11.5 Å². The Morgan fingerprint density at radius 1 is 1.00 bits per heavy atom. The zero-order valence-corrected chi connectivity index (χ0v) is 19.7. The van der Waals surface area contributed by atoms with E-state index in [9.17, 15) is 13.6 Å². The maximum atomic E-state index is 14.3. The van der Waals surface area contributed by atoms with Crippen LogP contribution < -0.4 is 14.8 Å². The molecule has 0 radical (unpaired) electrons. The summed E-state index contributed by atoms with van der Waals surface area (Å²) in [6.07, 6.45) is 1.36. The second kappa shape index (κ2) is 9.71. The lowest BCUT2D eigenvalue weighted by Gasteiger charge is -2.30. The number of halogens is 2. The number of ether oxygens (including phenoxy) is 2. The summed E-state index contributed by atoms with van der Waals surface area (Å²) >= 11 is 0. The van der Waals surface area contributed by atoms with Crippen molar-refractivity contribution in [2.45, 2.75) is 39.3 Å². The molecule has 2 amide bonds. The standard InChI is InChI=1S/C27H28F2N2O3/c1-16-17(2)26(34-4)20(13-25(16)33-3)15-31(22-11-18-7-5-6-8-19(18)12-22)27(32)30-24-10-9-21(28)14-23(24)29/h5-10,13-14,22H,11-12,15H2,1-4H3,(H,30,32). The van der Waals surface area contributed by atoms with Crippen molar-refractivity contribution >= 4 is 11.7 Å². The number of nitrogens with one attached hydrogen (secondary N) is 1. The normalized spacial score (nSPS) is 12.9. The van der Waals surface area contributed by atoms with Gasteiger partial charge >= 0.3 is 6.03 Å². The van der Waals surface area contributed by atoms with Crippen molar-refractivity contribution in [1.82, 2.24) is 4.90 Å². The largest absolute Gasteiger partial charge is 0.496 e. The highest BCUT2D eigenvalue weighted by atomic mass is 19.1. The van der Waals surface area contributed by atoms with Crippen molar-refractivity contribution in [2.75, 3.05) is 19.5 Å². The molecule has 0 bridgehead atoms. The van der Waals surface area contributed by atoms with E-state index >= 15 is 0 Å². The van der Waals surface area contributed by atoms with Gasteiger partial charge in [0.1, 0.15) is 23.1 Å². The van der Waals surface area contributed by atoms with Crippen molar-refractivity contribution in [3.63, 3.8) is 0 Å². The Balaban J connectivity index is 1.70. The molecule has 178 valence electrons. The first-order chi connectivity index (χ1) is 16.3. The quantitative estimate of drug-likeness (QED) is 0.500. The van der Waals surface area contributed by atoms with Gasteiger partial charge in [-0.3, -0.25) is 0 Å². The number of amides is 2. The van der Waals surface area contributed by atoms with E-state index in [0.29, 0.717) is 24.3 Å². The molecule has 0 aromatic heterocycles. The summed E-state index contributed by atoms with van der Waals surface area (Å²) in [5, 5.41) is 2.63. The highest BCUT2D eigenvalue weighted by Gasteiger charge is 2.31. The molecule has 1 aliphatic carbocycles. The molecule has 0 spiro atoms. The highest BCUT2D eigenvalue weighted by molar-refractivity contribution is 5.90. The molecule has 0 atom stereocenters. The van der Waals surface area contributed by atoms with Gasteiger partial charge in [-0.1, -0.05) is 24.3 Å². The maximum absolute atomic E-state index is 14.3. The van der Waals surface area contributed by atoms with Crippen molar-refractivity contribution in [1.29, 1.82) is 0 Å². The fourth-order valence-corrected chi connectivity index (χ4v) is 4.63. The minimum atomic E-state index is -0.826. The third-order valence-electron chi connectivity index (χ3n) is 6.54. The molecule has 0 aliphatic heterocycles. The predicted molar refractivity (Wildman–Crippen MR) is 128 cm³/mol. The van der Waals surface area contributed by atoms with E-state index in [4.69, 9.17) is 9.47 Å². The van der Waals surface area contributed by atoms with E-state index in [1.54, 1.807) is 19.1 Å². The minimum absolute atomic E-state index is 0.0726. The maximum Gasteiger partial charge on any atom is 0.322 e. The van der Waals surface area contributed by atoms with E-state index in [1.165, 1.54) is 17.2 Å². The Morgan fingerprint density at radius 2 is 1.68 bits per heavy atom. The average molecular weight is 467 g/mol. The van der Waals surface area contributed by atoms with Crippen LogP contribution in [0.15, 0.2) is 48.5 Å². The summed E-state index contributed by atoms with van der Waals surface area (Å²) in [7, 11) is 3.20. The fourth-order valence-electron chi connectivity index (χ4n) is 4.63. The number of anilines is 1. The number of urea groups is 1. The van der Waals surface area contributed by atoms with E-state index in [1.807, 2.05) is 32.0 Å². The van der Waals surface area contributed by atoms with Gasteiger partial charge in [0.2, 0.25) is 0 Å². The minimum Gasteiger partial charge on any atom is -0.496 e. The van der Waals surface area contributed by atoms with Crippen LogP contribution in [0, 0.1) is 25.5 Å². The predicted octanol–water partition coefficient (Wildman–Crippen LogP) is 5.80. The molecule has 0 saturated carbocycles. The Labute approximate surface area is 198 Å². The third kappa shape index (κ3) is 4.55. The number of carbonyl (C=O) groups is 1. The molecule has 4 rings (SSSR count). The first-order valence-electron chi connectivity index (χ1n) is 11.1. The summed E-state index contributed by atoms with van der Waals surface area (Å²) < 4.78 is 38.9. The zero-order chi connectivity index (χ0) is 24.4. The van der Waals surface area contributed by atoms with Crippen molar-refractivity contribution in [2.24, 2.45) is 0 Å². The van der Waals surface area contributed by atoms with Crippen LogP contribution >= 0.6 is 0 Å². The van der Waals surface area contributed by atoms with Gasteiger partial charge in [0.25, 0.3) is 0 Å². The van der Waals surface area contributed by atoms with Crippen LogP contribution in [-0.2, 0) is 19.4 Å². The molecule has 7 heteroatoms. The first kappa shape index (κ1) is 23.5. The number of nitrogens with zero attached hydrogens (tertiary/aromatic N) is 1. The first-order valence-corrected chi connectivity index (χ1v) is 11.1. The van der Waals surface area contributed by atoms with E-state index in [0.717, 1.165) is 28.8 Å². The molecule has 0 saturated heterocycles. The SMILES string of the molecule is COc1cc(CN(C(=O)Nc2ccc(F)cc2F)C2Cc3ccccc3C2)c(OC)c(C)c1C. The van der Waals surface area contributed by atoms with Gasteiger partial charge in [-0.25, -0.2) is 13.6 Å². The Hall–Kier alpha value is -3.61. The number of carbonyl (C=O) groups excluding carboxylic acids is 1. The van der Waals surface area contributed by atoms with Crippen LogP contribution in [0.3, 0.4) is 0 Å². The van der Waals surface area contributed by atoms with Gasteiger partial charge in [-0.05, 0) is 67.1 Å². The monoisotopic (exact) mass is 466 g/mol. The molecule has 5 nitrogen and oxygen atoms in total. The van der Waals surface area contributed by atoms with Crippen LogP contribution in [-0.4, -0.2) is 31.2 Å². The van der Waals surface area contributed by atoms with Gasteiger partial charge in [-0.15, -0.1) is 0 Å². The molecule has 0 fully saturated rings. The highest BCUT2D eigenvalue weighted by Crippen LogP contribution is 2.36. The molecule has 1 N–H and O–H groups in total. The van der Waals surface area contributed by atoms with Gasteiger partial charge in [0.05, 0.1) is 26.5 Å². The third-order valence-corrected chi connectivity index (χ3v) is 6.54.